The average Bonchev–Trinajstić information content (AvgIpc) is 2.51. The van der Waals surface area contributed by atoms with E-state index < -0.39 is 32.3 Å². The van der Waals surface area contributed by atoms with Crippen LogP contribution in [-0.4, -0.2) is 41.2 Å². The molecule has 25 heavy (non-hydrogen) atoms. The van der Waals surface area contributed by atoms with Gasteiger partial charge in [0.15, 0.2) is 17.3 Å². The van der Waals surface area contributed by atoms with Gasteiger partial charge in [0.2, 0.25) is 0 Å². The van der Waals surface area contributed by atoms with Gasteiger partial charge in [-0.2, -0.15) is 8.42 Å². The highest BCUT2D eigenvalue weighted by Gasteiger charge is 2.21. The molecule has 0 heterocycles. The molecular formula is C16H16O8S. The molecule has 2 aromatic carbocycles. The van der Waals surface area contributed by atoms with Gasteiger partial charge >= 0.3 is 0 Å². The van der Waals surface area contributed by atoms with Crippen LogP contribution in [0.4, 0.5) is 0 Å². The van der Waals surface area contributed by atoms with Crippen molar-refractivity contribution >= 4 is 15.9 Å². The summed E-state index contributed by atoms with van der Waals surface area (Å²) < 4.78 is 36.3. The van der Waals surface area contributed by atoms with Crippen LogP contribution in [0.25, 0.3) is 0 Å². The lowest BCUT2D eigenvalue weighted by Gasteiger charge is -2.09. The smallest absolute Gasteiger partial charge is 0.298 e. The van der Waals surface area contributed by atoms with Crippen molar-refractivity contribution in [3.63, 3.8) is 0 Å². The van der Waals surface area contributed by atoms with Crippen molar-refractivity contribution in [1.82, 2.24) is 0 Å². The SMILES string of the molecule is COc1ccc(CCC(=O)c2cc(S(=O)(=O)O)c(O)cc2O)cc1O. The first-order chi connectivity index (χ1) is 11.6. The lowest BCUT2D eigenvalue weighted by molar-refractivity contribution is 0.0980. The molecule has 8 nitrogen and oxygen atoms in total. The third-order valence-corrected chi connectivity index (χ3v) is 4.42. The molecule has 0 saturated carbocycles. The normalized spacial score (nSPS) is 11.3. The second-order valence-corrected chi connectivity index (χ2v) is 6.63. The first kappa shape index (κ1) is 18.6. The van der Waals surface area contributed by atoms with Crippen molar-refractivity contribution < 1.29 is 37.8 Å². The molecule has 0 radical (unpaired) electrons. The molecule has 134 valence electrons. The summed E-state index contributed by atoms with van der Waals surface area (Å²) >= 11 is 0. The van der Waals surface area contributed by atoms with Gasteiger partial charge in [-0.1, -0.05) is 6.07 Å². The Kier molecular flexibility index (Phi) is 5.19. The molecule has 0 aliphatic heterocycles. The highest BCUT2D eigenvalue weighted by Crippen LogP contribution is 2.32. The second-order valence-electron chi connectivity index (χ2n) is 5.24. The largest absolute Gasteiger partial charge is 0.507 e. The van der Waals surface area contributed by atoms with E-state index in [0.29, 0.717) is 17.7 Å². The molecule has 0 atom stereocenters. The maximum absolute atomic E-state index is 12.2. The molecule has 0 fully saturated rings. The first-order valence-electron chi connectivity index (χ1n) is 7.06. The molecule has 0 bridgehead atoms. The van der Waals surface area contributed by atoms with E-state index in [1.165, 1.54) is 19.2 Å². The lowest BCUT2D eigenvalue weighted by atomic mass is 10.0. The van der Waals surface area contributed by atoms with Gasteiger partial charge in [0.05, 0.1) is 12.7 Å². The van der Waals surface area contributed by atoms with Gasteiger partial charge < -0.3 is 20.1 Å². The Morgan fingerprint density at radius 3 is 2.28 bits per heavy atom. The molecule has 2 rings (SSSR count). The summed E-state index contributed by atoms with van der Waals surface area (Å²) in [7, 11) is -3.35. The standard InChI is InChI=1S/C16H16O8S/c1-24-15-5-3-9(6-13(15)19)2-4-11(17)10-7-16(25(21,22)23)14(20)8-12(10)18/h3,5-8,18-20H,2,4H2,1H3,(H,21,22,23). The Labute approximate surface area is 143 Å². The summed E-state index contributed by atoms with van der Waals surface area (Å²) in [5.74, 6) is -1.88. The van der Waals surface area contributed by atoms with Crippen LogP contribution in [0.5, 0.6) is 23.0 Å². The quantitative estimate of drug-likeness (QED) is 0.447. The fourth-order valence-corrected chi connectivity index (χ4v) is 2.86. The van der Waals surface area contributed by atoms with Gasteiger partial charge in [-0.3, -0.25) is 9.35 Å². The van der Waals surface area contributed by atoms with E-state index in [9.17, 15) is 28.5 Å². The van der Waals surface area contributed by atoms with Gasteiger partial charge in [-0.25, -0.2) is 0 Å². The number of aryl methyl sites for hydroxylation is 1. The lowest BCUT2D eigenvalue weighted by Crippen LogP contribution is -2.05. The van der Waals surface area contributed by atoms with E-state index in [1.807, 2.05) is 0 Å². The Hall–Kier alpha value is -2.78. The average molecular weight is 368 g/mol. The van der Waals surface area contributed by atoms with E-state index in [0.717, 1.165) is 0 Å². The molecular weight excluding hydrogens is 352 g/mol. The number of benzene rings is 2. The number of Topliss-reactive ketones (excluding diaryl/α,β-unsaturated/α-hetero) is 1. The number of carbonyl (C=O) groups is 1. The van der Waals surface area contributed by atoms with E-state index in [1.54, 1.807) is 6.07 Å². The molecule has 0 saturated heterocycles. The van der Waals surface area contributed by atoms with Crippen molar-refractivity contribution in [3.05, 3.63) is 41.5 Å². The van der Waals surface area contributed by atoms with Crippen LogP contribution in [0.2, 0.25) is 0 Å². The fraction of sp³-hybridized carbons (Fsp3) is 0.188. The maximum Gasteiger partial charge on any atom is 0.298 e. The van der Waals surface area contributed by atoms with Crippen molar-refractivity contribution in [2.45, 2.75) is 17.7 Å². The van der Waals surface area contributed by atoms with E-state index >= 15 is 0 Å². The third kappa shape index (κ3) is 4.20. The number of methoxy groups -OCH3 is 1. The summed E-state index contributed by atoms with van der Waals surface area (Å²) in [6.45, 7) is 0. The predicted octanol–water partition coefficient (Wildman–Crippen LogP) is 1.87. The Balaban J connectivity index is 2.22. The van der Waals surface area contributed by atoms with Crippen molar-refractivity contribution in [1.29, 1.82) is 0 Å². The van der Waals surface area contributed by atoms with Crippen LogP contribution in [0.1, 0.15) is 22.3 Å². The number of carbonyl (C=O) groups excluding carboxylic acids is 1. The molecule has 0 aliphatic rings. The number of phenolic OH excluding ortho intramolecular Hbond substituents is 3. The van der Waals surface area contributed by atoms with Gasteiger partial charge in [-0.05, 0) is 30.2 Å². The number of aromatic hydroxyl groups is 3. The topological polar surface area (TPSA) is 141 Å². The van der Waals surface area contributed by atoms with Crippen LogP contribution in [0.3, 0.4) is 0 Å². The third-order valence-electron chi connectivity index (χ3n) is 3.54. The minimum atomic E-state index is -4.75. The summed E-state index contributed by atoms with van der Waals surface area (Å²) in [5.41, 5.74) is 0.281. The van der Waals surface area contributed by atoms with Crippen molar-refractivity contribution in [2.24, 2.45) is 0 Å². The van der Waals surface area contributed by atoms with Crippen molar-refractivity contribution in [3.8, 4) is 23.0 Å². The molecule has 9 heteroatoms. The maximum atomic E-state index is 12.2. The molecule has 0 aromatic heterocycles. The molecule has 4 N–H and O–H groups in total. The second kappa shape index (κ2) is 6.99. The summed E-state index contributed by atoms with van der Waals surface area (Å²) in [6, 6.07) is 5.99. The highest BCUT2D eigenvalue weighted by molar-refractivity contribution is 7.86. The van der Waals surface area contributed by atoms with Gasteiger partial charge in [0.1, 0.15) is 16.4 Å². The van der Waals surface area contributed by atoms with E-state index in [-0.39, 0.29) is 29.9 Å². The molecule has 0 amide bonds. The van der Waals surface area contributed by atoms with Crippen molar-refractivity contribution in [2.75, 3.05) is 7.11 Å². The Morgan fingerprint density at radius 2 is 1.72 bits per heavy atom. The summed E-state index contributed by atoms with van der Waals surface area (Å²) in [4.78, 5) is 11.4. The molecule has 2 aromatic rings. The molecule has 0 unspecified atom stereocenters. The molecule has 0 aliphatic carbocycles. The highest BCUT2D eigenvalue weighted by atomic mass is 32.2. The summed E-state index contributed by atoms with van der Waals surface area (Å²) in [6.07, 6.45) is 0.104. The minimum Gasteiger partial charge on any atom is -0.507 e. The zero-order chi connectivity index (χ0) is 18.8. The van der Waals surface area contributed by atoms with Crippen LogP contribution in [0.15, 0.2) is 35.2 Å². The number of ether oxygens (including phenoxy) is 1. The van der Waals surface area contributed by atoms with Crippen LogP contribution >= 0.6 is 0 Å². The van der Waals surface area contributed by atoms with Crippen LogP contribution < -0.4 is 4.74 Å². The zero-order valence-electron chi connectivity index (χ0n) is 13.1. The zero-order valence-corrected chi connectivity index (χ0v) is 13.9. The predicted molar refractivity (Wildman–Crippen MR) is 86.9 cm³/mol. The summed E-state index contributed by atoms with van der Waals surface area (Å²) in [5, 5.41) is 28.9. The van der Waals surface area contributed by atoms with Crippen LogP contribution in [0, 0.1) is 0 Å². The van der Waals surface area contributed by atoms with Crippen LogP contribution in [-0.2, 0) is 16.5 Å². The number of hydrogen-bond donors (Lipinski definition) is 4. The Bertz CT molecular complexity index is 918. The monoisotopic (exact) mass is 368 g/mol. The number of hydrogen-bond acceptors (Lipinski definition) is 7. The number of ketones is 1. The molecule has 0 spiro atoms. The number of phenols is 3. The van der Waals surface area contributed by atoms with E-state index in [4.69, 9.17) is 9.29 Å². The first-order valence-corrected chi connectivity index (χ1v) is 8.50. The van der Waals surface area contributed by atoms with Gasteiger partial charge in [-0.15, -0.1) is 0 Å². The van der Waals surface area contributed by atoms with E-state index in [2.05, 4.69) is 0 Å². The van der Waals surface area contributed by atoms with Gasteiger partial charge in [0, 0.05) is 12.5 Å². The fourth-order valence-electron chi connectivity index (χ4n) is 2.27. The Morgan fingerprint density at radius 1 is 1.04 bits per heavy atom. The number of rotatable bonds is 6. The van der Waals surface area contributed by atoms with Gasteiger partial charge in [0.25, 0.3) is 10.1 Å². The minimum absolute atomic E-state index is 0.0893.